The van der Waals surface area contributed by atoms with Gasteiger partial charge in [0.2, 0.25) is 0 Å². The summed E-state index contributed by atoms with van der Waals surface area (Å²) in [5.41, 5.74) is 3.79. The maximum atomic E-state index is 6.31. The van der Waals surface area contributed by atoms with Crippen molar-refractivity contribution in [1.82, 2.24) is 5.32 Å². The molecule has 0 spiro atoms. The van der Waals surface area contributed by atoms with E-state index < -0.39 is 0 Å². The molecule has 0 bridgehead atoms. The molecule has 2 rings (SSSR count). The van der Waals surface area contributed by atoms with E-state index in [0.29, 0.717) is 0 Å². The van der Waals surface area contributed by atoms with E-state index in [1.165, 1.54) is 11.1 Å². The van der Waals surface area contributed by atoms with Crippen molar-refractivity contribution in [3.63, 3.8) is 0 Å². The van der Waals surface area contributed by atoms with Gasteiger partial charge in [0.25, 0.3) is 0 Å². The molecule has 0 saturated heterocycles. The summed E-state index contributed by atoms with van der Waals surface area (Å²) in [7, 11) is 1.97. The summed E-state index contributed by atoms with van der Waals surface area (Å²) in [6.07, 6.45) is 0.930. The van der Waals surface area contributed by atoms with Gasteiger partial charge in [-0.3, -0.25) is 0 Å². The second-order valence-corrected chi connectivity index (χ2v) is 5.96. The van der Waals surface area contributed by atoms with Crippen molar-refractivity contribution < 1.29 is 0 Å². The Balaban J connectivity index is 2.30. The normalized spacial score (nSPS) is 12.4. The number of benzene rings is 2. The summed E-state index contributed by atoms with van der Waals surface area (Å²) in [6.45, 7) is 2.14. The van der Waals surface area contributed by atoms with E-state index in [1.807, 2.05) is 19.2 Å². The highest BCUT2D eigenvalue weighted by molar-refractivity contribution is 9.10. The molecule has 1 atom stereocenters. The molecule has 19 heavy (non-hydrogen) atoms. The van der Waals surface area contributed by atoms with Crippen LogP contribution in [0.5, 0.6) is 0 Å². The third kappa shape index (κ3) is 3.59. The van der Waals surface area contributed by atoms with Gasteiger partial charge in [-0.15, -0.1) is 0 Å². The van der Waals surface area contributed by atoms with Crippen LogP contribution in [0.1, 0.15) is 22.7 Å². The van der Waals surface area contributed by atoms with E-state index in [1.54, 1.807) is 0 Å². The van der Waals surface area contributed by atoms with Gasteiger partial charge in [0.05, 0.1) is 0 Å². The van der Waals surface area contributed by atoms with E-state index in [2.05, 4.69) is 58.5 Å². The Morgan fingerprint density at radius 2 is 1.95 bits per heavy atom. The highest BCUT2D eigenvalue weighted by Gasteiger charge is 2.14. The van der Waals surface area contributed by atoms with Crippen LogP contribution >= 0.6 is 27.5 Å². The molecule has 1 N–H and O–H groups in total. The summed E-state index contributed by atoms with van der Waals surface area (Å²) in [5, 5.41) is 4.16. The Hall–Kier alpha value is -0.830. The number of rotatable bonds is 4. The van der Waals surface area contributed by atoms with E-state index in [4.69, 9.17) is 11.6 Å². The third-order valence-corrected chi connectivity index (χ3v) is 4.20. The highest BCUT2D eigenvalue weighted by atomic mass is 79.9. The molecule has 0 aliphatic heterocycles. The Morgan fingerprint density at radius 1 is 1.21 bits per heavy atom. The number of likely N-dealkylation sites (N-methyl/N-ethyl adjacent to an activating group) is 1. The number of halogens is 2. The van der Waals surface area contributed by atoms with Crippen molar-refractivity contribution in [2.45, 2.75) is 19.4 Å². The Kier molecular flexibility index (Phi) is 5.03. The largest absolute Gasteiger partial charge is 0.313 e. The molecule has 0 saturated carbocycles. The van der Waals surface area contributed by atoms with Crippen LogP contribution in [0, 0.1) is 6.92 Å². The molecule has 3 heteroatoms. The monoisotopic (exact) mass is 337 g/mol. The second-order valence-electron chi connectivity index (χ2n) is 4.64. The van der Waals surface area contributed by atoms with Gasteiger partial charge in [-0.2, -0.15) is 0 Å². The molecular formula is C16H17BrClN. The summed E-state index contributed by atoms with van der Waals surface area (Å²) in [4.78, 5) is 0. The van der Waals surface area contributed by atoms with E-state index in [9.17, 15) is 0 Å². The zero-order chi connectivity index (χ0) is 13.8. The summed E-state index contributed by atoms with van der Waals surface area (Å²) in [6, 6.07) is 14.7. The first-order chi connectivity index (χ1) is 9.11. The lowest BCUT2D eigenvalue weighted by Crippen LogP contribution is -2.19. The fourth-order valence-corrected chi connectivity index (χ4v) is 2.84. The molecular weight excluding hydrogens is 322 g/mol. The molecule has 0 aromatic heterocycles. The van der Waals surface area contributed by atoms with Crippen LogP contribution < -0.4 is 5.32 Å². The number of hydrogen-bond acceptors (Lipinski definition) is 1. The predicted octanol–water partition coefficient (Wildman–Crippen LogP) is 4.91. The van der Waals surface area contributed by atoms with Crippen LogP contribution in [0.25, 0.3) is 0 Å². The molecule has 0 amide bonds. The standard InChI is InChI=1S/C16H17BrClN/c1-11-5-3-4-6-12(11)9-16(19-2)14-10-13(17)7-8-15(14)18/h3-8,10,16,19H,9H2,1-2H3. The SMILES string of the molecule is CNC(Cc1ccccc1C)c1cc(Br)ccc1Cl. The summed E-state index contributed by atoms with van der Waals surface area (Å²) in [5.74, 6) is 0. The minimum absolute atomic E-state index is 0.214. The van der Waals surface area contributed by atoms with Crippen molar-refractivity contribution in [2.24, 2.45) is 0 Å². The maximum absolute atomic E-state index is 6.31. The van der Waals surface area contributed by atoms with Crippen molar-refractivity contribution >= 4 is 27.5 Å². The maximum Gasteiger partial charge on any atom is 0.0454 e. The fraction of sp³-hybridized carbons (Fsp3) is 0.250. The zero-order valence-corrected chi connectivity index (χ0v) is 13.4. The first-order valence-corrected chi connectivity index (χ1v) is 7.45. The molecule has 0 fully saturated rings. The fourth-order valence-electron chi connectivity index (χ4n) is 2.21. The van der Waals surface area contributed by atoms with Gasteiger partial charge in [0.1, 0.15) is 0 Å². The summed E-state index contributed by atoms with van der Waals surface area (Å²) >= 11 is 9.82. The molecule has 1 nitrogen and oxygen atoms in total. The molecule has 2 aromatic rings. The predicted molar refractivity (Wildman–Crippen MR) is 85.8 cm³/mol. The highest BCUT2D eigenvalue weighted by Crippen LogP contribution is 2.29. The molecule has 2 aromatic carbocycles. The van der Waals surface area contributed by atoms with Crippen LogP contribution in [-0.4, -0.2) is 7.05 Å². The van der Waals surface area contributed by atoms with Gasteiger partial charge in [-0.05, 0) is 55.3 Å². The van der Waals surface area contributed by atoms with Crippen molar-refractivity contribution in [1.29, 1.82) is 0 Å². The topological polar surface area (TPSA) is 12.0 Å². The van der Waals surface area contributed by atoms with Crippen LogP contribution in [0.15, 0.2) is 46.9 Å². The van der Waals surface area contributed by atoms with Crippen molar-refractivity contribution in [3.05, 3.63) is 68.7 Å². The van der Waals surface area contributed by atoms with Crippen LogP contribution in [0.2, 0.25) is 5.02 Å². The number of aryl methyl sites for hydroxylation is 1. The molecule has 0 radical (unpaired) electrons. The Morgan fingerprint density at radius 3 is 2.63 bits per heavy atom. The summed E-state index contributed by atoms with van der Waals surface area (Å²) < 4.78 is 1.05. The lowest BCUT2D eigenvalue weighted by molar-refractivity contribution is 0.590. The lowest BCUT2D eigenvalue weighted by Gasteiger charge is -2.19. The van der Waals surface area contributed by atoms with Crippen LogP contribution in [-0.2, 0) is 6.42 Å². The minimum Gasteiger partial charge on any atom is -0.313 e. The van der Waals surface area contributed by atoms with Crippen LogP contribution in [0.4, 0.5) is 0 Å². The average molecular weight is 339 g/mol. The molecule has 100 valence electrons. The molecule has 0 aliphatic rings. The number of hydrogen-bond donors (Lipinski definition) is 1. The first kappa shape index (κ1) is 14.6. The Bertz CT molecular complexity index is 568. The van der Waals surface area contributed by atoms with Crippen molar-refractivity contribution in [2.75, 3.05) is 7.05 Å². The van der Waals surface area contributed by atoms with Gasteiger partial charge >= 0.3 is 0 Å². The van der Waals surface area contributed by atoms with Gasteiger partial charge in [0, 0.05) is 15.5 Å². The van der Waals surface area contributed by atoms with Gasteiger partial charge in [0.15, 0.2) is 0 Å². The quantitative estimate of drug-likeness (QED) is 0.835. The van der Waals surface area contributed by atoms with Crippen molar-refractivity contribution in [3.8, 4) is 0 Å². The lowest BCUT2D eigenvalue weighted by atomic mass is 9.96. The van der Waals surface area contributed by atoms with Gasteiger partial charge in [-0.1, -0.05) is 51.8 Å². The number of nitrogens with one attached hydrogen (secondary N) is 1. The second kappa shape index (κ2) is 6.56. The average Bonchev–Trinajstić information content (AvgIpc) is 2.41. The van der Waals surface area contributed by atoms with Gasteiger partial charge in [-0.25, -0.2) is 0 Å². The van der Waals surface area contributed by atoms with E-state index in [-0.39, 0.29) is 6.04 Å². The molecule has 0 heterocycles. The smallest absolute Gasteiger partial charge is 0.0454 e. The first-order valence-electron chi connectivity index (χ1n) is 6.28. The van der Waals surface area contributed by atoms with Crippen LogP contribution in [0.3, 0.4) is 0 Å². The van der Waals surface area contributed by atoms with E-state index in [0.717, 1.165) is 21.5 Å². The van der Waals surface area contributed by atoms with Gasteiger partial charge < -0.3 is 5.32 Å². The van der Waals surface area contributed by atoms with E-state index >= 15 is 0 Å². The molecule has 1 unspecified atom stereocenters. The minimum atomic E-state index is 0.214. The Labute approximate surface area is 128 Å². The molecule has 0 aliphatic carbocycles. The third-order valence-electron chi connectivity index (χ3n) is 3.37. The zero-order valence-electron chi connectivity index (χ0n) is 11.1.